The standard InChI is InChI=1S/C44H61ClN4O6S/c1-30(2)24-55-44(28-47-17-19-48(20-18-47)37-25-53-26-37)16-5-7-31(3)32(4)56(51,52)46-42(50)34-10-14-41-40(22-34)49(23-35-9-12-39(35)44)27-43(29-54-41)15-6-8-33-21-36(45)11-13-38(33)43/h5,10-11,13-14,16,21-22,30-32,35,37,39H,6-9,12,15,17-20,23-29H2,1-4H3,(H,46,50)/b16-5+/t31-,32+,35-,39+,43-,44+/m0/s1. The van der Waals surface area contributed by atoms with Crippen LogP contribution in [0.2, 0.25) is 5.02 Å². The summed E-state index contributed by atoms with van der Waals surface area (Å²) in [6.07, 6.45) is 10.2. The molecule has 4 aliphatic heterocycles. The molecule has 1 saturated carbocycles. The highest BCUT2D eigenvalue weighted by atomic mass is 35.5. The molecule has 2 saturated heterocycles. The lowest BCUT2D eigenvalue weighted by atomic mass is 9.63. The predicted molar refractivity (Wildman–Crippen MR) is 221 cm³/mol. The third-order valence-electron chi connectivity index (χ3n) is 13.9. The van der Waals surface area contributed by atoms with Gasteiger partial charge in [0.15, 0.2) is 0 Å². The molecule has 2 bridgehead atoms. The van der Waals surface area contributed by atoms with Gasteiger partial charge in [0.2, 0.25) is 10.0 Å². The predicted octanol–water partition coefficient (Wildman–Crippen LogP) is 6.31. The van der Waals surface area contributed by atoms with Crippen LogP contribution in [0.4, 0.5) is 5.69 Å². The van der Waals surface area contributed by atoms with Crippen molar-refractivity contribution in [3.05, 3.63) is 70.3 Å². The van der Waals surface area contributed by atoms with E-state index in [-0.39, 0.29) is 17.3 Å². The molecule has 4 heterocycles. The summed E-state index contributed by atoms with van der Waals surface area (Å²) in [6.45, 7) is 17.2. The Morgan fingerprint density at radius 3 is 2.57 bits per heavy atom. The third kappa shape index (κ3) is 8.02. The zero-order chi connectivity index (χ0) is 39.2. The summed E-state index contributed by atoms with van der Waals surface area (Å²) >= 11 is 6.54. The molecular weight excluding hydrogens is 748 g/mol. The number of hydrogen-bond donors (Lipinski definition) is 1. The molecule has 10 nitrogen and oxygen atoms in total. The maximum absolute atomic E-state index is 13.7. The second-order valence-corrected chi connectivity index (χ2v) is 20.7. The zero-order valence-electron chi connectivity index (χ0n) is 33.7. The van der Waals surface area contributed by atoms with Gasteiger partial charge in [-0.15, -0.1) is 0 Å². The second-order valence-electron chi connectivity index (χ2n) is 18.2. The number of amides is 1. The van der Waals surface area contributed by atoms with E-state index in [2.05, 4.69) is 57.6 Å². The Hall–Kier alpha value is -2.67. The van der Waals surface area contributed by atoms with Crippen LogP contribution in [-0.4, -0.2) is 113 Å². The van der Waals surface area contributed by atoms with Gasteiger partial charge in [-0.05, 0) is 111 Å². The number of carbonyl (C=O) groups is 1. The Morgan fingerprint density at radius 2 is 1.86 bits per heavy atom. The van der Waals surface area contributed by atoms with Crippen molar-refractivity contribution >= 4 is 33.2 Å². The number of ether oxygens (including phenoxy) is 3. The molecule has 306 valence electrons. The normalized spacial score (nSPS) is 33.3. The second kappa shape index (κ2) is 16.2. The average molecular weight is 810 g/mol. The van der Waals surface area contributed by atoms with Crippen LogP contribution in [0.25, 0.3) is 0 Å². The van der Waals surface area contributed by atoms with Crippen LogP contribution in [0.15, 0.2) is 48.6 Å². The monoisotopic (exact) mass is 808 g/mol. The number of fused-ring (bicyclic) bond motifs is 4. The van der Waals surface area contributed by atoms with Crippen molar-refractivity contribution in [1.82, 2.24) is 14.5 Å². The van der Waals surface area contributed by atoms with E-state index in [9.17, 15) is 13.2 Å². The van der Waals surface area contributed by atoms with E-state index in [0.29, 0.717) is 43.1 Å². The van der Waals surface area contributed by atoms with Crippen molar-refractivity contribution < 1.29 is 27.4 Å². The first-order valence-electron chi connectivity index (χ1n) is 21.1. The number of allylic oxidation sites excluding steroid dienone is 1. The molecular formula is C44H61ClN4O6S. The Bertz CT molecular complexity index is 1900. The van der Waals surface area contributed by atoms with E-state index in [0.717, 1.165) is 108 Å². The van der Waals surface area contributed by atoms with Crippen molar-refractivity contribution in [1.29, 1.82) is 0 Å². The molecule has 2 aliphatic carbocycles. The van der Waals surface area contributed by atoms with Gasteiger partial charge in [-0.3, -0.25) is 14.6 Å². The first kappa shape index (κ1) is 40.1. The fraction of sp³-hybridized carbons (Fsp3) is 0.659. The summed E-state index contributed by atoms with van der Waals surface area (Å²) < 4.78 is 49.4. The Morgan fingerprint density at radius 1 is 1.05 bits per heavy atom. The third-order valence-corrected chi connectivity index (χ3v) is 16.1. The van der Waals surface area contributed by atoms with E-state index in [1.165, 1.54) is 11.1 Å². The van der Waals surface area contributed by atoms with E-state index in [4.69, 9.17) is 25.8 Å². The van der Waals surface area contributed by atoms with E-state index in [1.54, 1.807) is 13.0 Å². The molecule has 6 atom stereocenters. The lowest BCUT2D eigenvalue weighted by Crippen LogP contribution is -2.61. The van der Waals surface area contributed by atoms with Crippen LogP contribution < -0.4 is 14.4 Å². The molecule has 6 aliphatic rings. The number of rotatable bonds is 6. The molecule has 12 heteroatoms. The molecule has 0 radical (unpaired) electrons. The van der Waals surface area contributed by atoms with Gasteiger partial charge >= 0.3 is 0 Å². The van der Waals surface area contributed by atoms with Crippen LogP contribution in [0.5, 0.6) is 5.75 Å². The molecule has 1 N–H and O–H groups in total. The van der Waals surface area contributed by atoms with Crippen molar-refractivity contribution in [3.63, 3.8) is 0 Å². The number of sulfonamides is 1. The highest BCUT2D eigenvalue weighted by Crippen LogP contribution is 2.49. The number of anilines is 1. The highest BCUT2D eigenvalue weighted by molar-refractivity contribution is 7.90. The maximum Gasteiger partial charge on any atom is 0.264 e. The summed E-state index contributed by atoms with van der Waals surface area (Å²) in [7, 11) is -3.97. The number of nitrogens with zero attached hydrogens (tertiary/aromatic N) is 3. The number of carbonyl (C=O) groups excluding carboxylic acids is 1. The van der Waals surface area contributed by atoms with Gasteiger partial charge < -0.3 is 19.1 Å². The quantitative estimate of drug-likeness (QED) is 0.337. The minimum atomic E-state index is -3.97. The molecule has 8 rings (SSSR count). The summed E-state index contributed by atoms with van der Waals surface area (Å²) in [6, 6.07) is 12.2. The van der Waals surface area contributed by atoms with Crippen LogP contribution in [-0.2, 0) is 31.3 Å². The molecule has 3 fully saturated rings. The van der Waals surface area contributed by atoms with Crippen molar-refractivity contribution in [3.8, 4) is 5.75 Å². The van der Waals surface area contributed by atoms with Gasteiger partial charge in [0, 0.05) is 61.8 Å². The lowest BCUT2D eigenvalue weighted by molar-refractivity contribution is -0.127. The SMILES string of the molecule is CC(C)CO[C@@]1(CN2CCN(C3COC3)CC2)/C=C/C[C@H](C)[C@@H](C)S(=O)(=O)NC(=O)c2ccc3c(c2)N(C[C@@H]2CC[C@H]21)C[C@@]1(CCCc2cc(Cl)ccc21)CO3. The summed E-state index contributed by atoms with van der Waals surface area (Å²) in [4.78, 5) is 21.4. The molecule has 0 unspecified atom stereocenters. The smallest absolute Gasteiger partial charge is 0.264 e. The van der Waals surface area contributed by atoms with Crippen molar-refractivity contribution in [2.75, 3.05) is 77.1 Å². The molecule has 1 spiro atoms. The number of nitrogens with one attached hydrogen (secondary N) is 1. The topological polar surface area (TPSA) is 101 Å². The number of hydrogen-bond acceptors (Lipinski definition) is 9. The summed E-state index contributed by atoms with van der Waals surface area (Å²) in [5.74, 6) is 0.830. The Balaban J connectivity index is 1.19. The van der Waals surface area contributed by atoms with E-state index >= 15 is 0 Å². The van der Waals surface area contributed by atoms with Gasteiger partial charge in [0.25, 0.3) is 5.91 Å². The van der Waals surface area contributed by atoms with Crippen LogP contribution in [0.3, 0.4) is 0 Å². The molecule has 56 heavy (non-hydrogen) atoms. The largest absolute Gasteiger partial charge is 0.490 e. The first-order chi connectivity index (χ1) is 26.8. The Kier molecular flexibility index (Phi) is 11.6. The fourth-order valence-corrected chi connectivity index (χ4v) is 11.6. The minimum absolute atomic E-state index is 0.224. The van der Waals surface area contributed by atoms with Gasteiger partial charge in [-0.2, -0.15) is 0 Å². The number of piperazine rings is 1. The van der Waals surface area contributed by atoms with Crippen LogP contribution in [0, 0.1) is 23.7 Å². The fourth-order valence-electron chi connectivity index (χ4n) is 10.1. The van der Waals surface area contributed by atoms with Gasteiger partial charge in [-0.1, -0.05) is 50.6 Å². The van der Waals surface area contributed by atoms with Crippen LogP contribution >= 0.6 is 11.6 Å². The van der Waals surface area contributed by atoms with Gasteiger partial charge in [-0.25, -0.2) is 13.1 Å². The maximum atomic E-state index is 13.7. The highest BCUT2D eigenvalue weighted by Gasteiger charge is 2.50. The number of benzene rings is 2. The van der Waals surface area contributed by atoms with E-state index < -0.39 is 26.8 Å². The van der Waals surface area contributed by atoms with Crippen molar-refractivity contribution in [2.45, 2.75) is 88.5 Å². The molecule has 2 aromatic carbocycles. The summed E-state index contributed by atoms with van der Waals surface area (Å²) in [5, 5.41) is -0.0325. The zero-order valence-corrected chi connectivity index (χ0v) is 35.3. The summed E-state index contributed by atoms with van der Waals surface area (Å²) in [5.41, 5.74) is 2.90. The number of aryl methyl sites for hydroxylation is 1. The molecule has 2 aromatic rings. The van der Waals surface area contributed by atoms with Crippen LogP contribution in [0.1, 0.15) is 81.3 Å². The molecule has 0 aromatic heterocycles. The first-order valence-corrected chi connectivity index (χ1v) is 23.0. The van der Waals surface area contributed by atoms with Crippen molar-refractivity contribution in [2.24, 2.45) is 23.7 Å². The average Bonchev–Trinajstić information content (AvgIpc) is 3.28. The lowest BCUT2D eigenvalue weighted by Gasteiger charge is -2.53. The van der Waals surface area contributed by atoms with E-state index in [1.807, 2.05) is 25.1 Å². The van der Waals surface area contributed by atoms with Gasteiger partial charge in [0.05, 0.1) is 43.4 Å². The van der Waals surface area contributed by atoms with Gasteiger partial charge in [0.1, 0.15) is 11.4 Å². The Labute approximate surface area is 339 Å². The molecule has 1 amide bonds. The minimum Gasteiger partial charge on any atom is -0.490 e. The number of halogens is 1.